The summed E-state index contributed by atoms with van der Waals surface area (Å²) in [4.78, 5) is 19.9. The Labute approximate surface area is 191 Å². The first-order valence-corrected chi connectivity index (χ1v) is 11.5. The van der Waals surface area contributed by atoms with E-state index in [-0.39, 0.29) is 17.9 Å². The number of piperazine rings is 1. The van der Waals surface area contributed by atoms with Crippen LogP contribution in [0.4, 0.5) is 18.9 Å². The molecule has 5 rings (SSSR count). The van der Waals surface area contributed by atoms with E-state index in [9.17, 15) is 18.0 Å². The van der Waals surface area contributed by atoms with Crippen molar-refractivity contribution in [1.29, 1.82) is 0 Å². The Hall–Kier alpha value is -2.58. The monoisotopic (exact) mass is 459 g/mol. The van der Waals surface area contributed by atoms with E-state index < -0.39 is 11.7 Å². The zero-order chi connectivity index (χ0) is 23.0. The summed E-state index contributed by atoms with van der Waals surface area (Å²) in [5, 5.41) is 0. The first-order valence-electron chi connectivity index (χ1n) is 11.5. The van der Waals surface area contributed by atoms with Crippen LogP contribution in [0.1, 0.15) is 16.7 Å². The number of carbonyl (C=O) groups excluding carboxylic acids is 1. The van der Waals surface area contributed by atoms with E-state index in [1.165, 1.54) is 11.6 Å². The Balaban J connectivity index is 1.44. The fourth-order valence-corrected chi connectivity index (χ4v) is 5.35. The zero-order valence-corrected chi connectivity index (χ0v) is 18.4. The molecule has 2 aromatic carbocycles. The van der Waals surface area contributed by atoms with E-state index in [0.29, 0.717) is 51.4 Å². The van der Waals surface area contributed by atoms with E-state index >= 15 is 0 Å². The number of anilines is 1. The number of fused-ring (bicyclic) bond motifs is 3. The predicted octanol–water partition coefficient (Wildman–Crippen LogP) is 3.43. The van der Waals surface area contributed by atoms with Gasteiger partial charge < -0.3 is 14.5 Å². The number of morpholine rings is 1. The maximum atomic E-state index is 13.6. The number of rotatable bonds is 3. The fraction of sp³-hybridized carbons (Fsp3) is 0.480. The van der Waals surface area contributed by atoms with E-state index in [0.717, 1.165) is 24.8 Å². The topological polar surface area (TPSA) is 36.0 Å². The van der Waals surface area contributed by atoms with Crippen molar-refractivity contribution in [2.45, 2.75) is 25.2 Å². The van der Waals surface area contributed by atoms with Crippen molar-refractivity contribution in [2.75, 3.05) is 50.8 Å². The number of halogens is 3. The minimum atomic E-state index is -4.40. The second-order valence-electron chi connectivity index (χ2n) is 9.07. The predicted molar refractivity (Wildman–Crippen MR) is 119 cm³/mol. The summed E-state index contributed by atoms with van der Waals surface area (Å²) in [6.45, 7) is 5.05. The number of nitrogens with zero attached hydrogens (tertiary/aromatic N) is 3. The molecule has 2 saturated heterocycles. The number of alkyl halides is 3. The average molecular weight is 460 g/mol. The molecular weight excluding hydrogens is 431 g/mol. The maximum absolute atomic E-state index is 13.6. The van der Waals surface area contributed by atoms with E-state index in [1.54, 1.807) is 6.07 Å². The van der Waals surface area contributed by atoms with Gasteiger partial charge in [-0.1, -0.05) is 30.3 Å². The summed E-state index contributed by atoms with van der Waals surface area (Å²) < 4.78 is 45.6. The van der Waals surface area contributed by atoms with E-state index in [1.807, 2.05) is 23.1 Å². The minimum absolute atomic E-state index is 0.0259. The number of benzene rings is 2. The molecule has 33 heavy (non-hydrogen) atoms. The summed E-state index contributed by atoms with van der Waals surface area (Å²) >= 11 is 0. The van der Waals surface area contributed by atoms with Crippen LogP contribution in [0, 0.1) is 5.92 Å². The van der Waals surface area contributed by atoms with E-state index in [2.05, 4.69) is 21.9 Å². The third-order valence-corrected chi connectivity index (χ3v) is 7.01. The highest BCUT2D eigenvalue weighted by atomic mass is 19.4. The van der Waals surface area contributed by atoms with Gasteiger partial charge in [-0.15, -0.1) is 0 Å². The van der Waals surface area contributed by atoms with Crippen molar-refractivity contribution in [3.63, 3.8) is 0 Å². The molecule has 3 aliphatic rings. The van der Waals surface area contributed by atoms with Crippen LogP contribution in [0.2, 0.25) is 0 Å². The zero-order valence-electron chi connectivity index (χ0n) is 18.4. The molecule has 2 atom stereocenters. The summed E-state index contributed by atoms with van der Waals surface area (Å²) in [5.41, 5.74) is 2.01. The lowest BCUT2D eigenvalue weighted by Crippen LogP contribution is -2.61. The lowest BCUT2D eigenvalue weighted by Gasteiger charge is -2.50. The van der Waals surface area contributed by atoms with Crippen molar-refractivity contribution in [3.05, 3.63) is 65.2 Å². The maximum Gasteiger partial charge on any atom is 0.416 e. The van der Waals surface area contributed by atoms with Gasteiger partial charge in [-0.3, -0.25) is 9.69 Å². The smallest absolute Gasteiger partial charge is 0.378 e. The number of ether oxygens (including phenoxy) is 1. The average Bonchev–Trinajstić information content (AvgIpc) is 2.83. The van der Waals surface area contributed by atoms with Crippen molar-refractivity contribution >= 4 is 11.6 Å². The van der Waals surface area contributed by atoms with Crippen molar-refractivity contribution in [1.82, 2.24) is 9.80 Å². The van der Waals surface area contributed by atoms with Gasteiger partial charge in [0.05, 0.1) is 30.7 Å². The van der Waals surface area contributed by atoms with Gasteiger partial charge in [0.1, 0.15) is 0 Å². The molecule has 176 valence electrons. The Bertz CT molecular complexity index is 992. The highest BCUT2D eigenvalue weighted by Gasteiger charge is 2.44. The number of amides is 1. The molecule has 2 unspecified atom stereocenters. The van der Waals surface area contributed by atoms with Gasteiger partial charge in [-0.2, -0.15) is 13.2 Å². The largest absolute Gasteiger partial charge is 0.416 e. The standard InChI is InChI=1S/C25H28F3N3O2/c26-25(27,28)20-6-7-22-19(14-20)15-21(24(32)30-10-12-33-13-11-30)23-17-29(8-9-31(22)23)16-18-4-2-1-3-5-18/h1-7,14,21,23H,8-13,15-17H2. The molecule has 1 amide bonds. The highest BCUT2D eigenvalue weighted by molar-refractivity contribution is 5.82. The van der Waals surface area contributed by atoms with Crippen LogP contribution in [0.5, 0.6) is 0 Å². The molecule has 0 aliphatic carbocycles. The SMILES string of the molecule is O=C(C1Cc2cc(C(F)(F)F)ccc2N2CCN(Cc3ccccc3)CC12)N1CCOCC1. The van der Waals surface area contributed by atoms with Crippen molar-refractivity contribution in [2.24, 2.45) is 5.92 Å². The van der Waals surface area contributed by atoms with Gasteiger partial charge in [-0.25, -0.2) is 0 Å². The molecule has 0 N–H and O–H groups in total. The van der Waals surface area contributed by atoms with Crippen LogP contribution in [-0.2, 0) is 28.7 Å². The van der Waals surface area contributed by atoms with Gasteiger partial charge in [0, 0.05) is 45.0 Å². The van der Waals surface area contributed by atoms with E-state index in [4.69, 9.17) is 4.74 Å². The lowest BCUT2D eigenvalue weighted by molar-refractivity contribution is -0.141. The summed E-state index contributed by atoms with van der Waals surface area (Å²) in [6.07, 6.45) is -4.07. The molecule has 2 fully saturated rings. The Kier molecular flexibility index (Phi) is 6.05. The number of hydrogen-bond acceptors (Lipinski definition) is 4. The molecular formula is C25H28F3N3O2. The summed E-state index contributed by atoms with van der Waals surface area (Å²) in [7, 11) is 0. The van der Waals surface area contributed by atoms with Gasteiger partial charge in [-0.05, 0) is 35.7 Å². The van der Waals surface area contributed by atoms with Crippen LogP contribution >= 0.6 is 0 Å². The molecule has 8 heteroatoms. The molecule has 2 aromatic rings. The number of carbonyl (C=O) groups is 1. The minimum Gasteiger partial charge on any atom is -0.378 e. The summed E-state index contributed by atoms with van der Waals surface area (Å²) in [6, 6.07) is 14.1. The van der Waals surface area contributed by atoms with Crippen LogP contribution in [0.25, 0.3) is 0 Å². The second kappa shape index (κ2) is 8.99. The van der Waals surface area contributed by atoms with Crippen molar-refractivity contribution in [3.8, 4) is 0 Å². The summed E-state index contributed by atoms with van der Waals surface area (Å²) in [5.74, 6) is -0.351. The number of hydrogen-bond donors (Lipinski definition) is 0. The quantitative estimate of drug-likeness (QED) is 0.705. The third kappa shape index (κ3) is 4.59. The molecule has 0 radical (unpaired) electrons. The molecule has 5 nitrogen and oxygen atoms in total. The Morgan fingerprint density at radius 1 is 1.00 bits per heavy atom. The lowest BCUT2D eigenvalue weighted by atomic mass is 9.82. The van der Waals surface area contributed by atoms with Gasteiger partial charge in [0.2, 0.25) is 5.91 Å². The molecule has 0 bridgehead atoms. The third-order valence-electron chi connectivity index (χ3n) is 7.01. The molecule has 0 saturated carbocycles. The molecule has 3 heterocycles. The Morgan fingerprint density at radius 3 is 2.48 bits per heavy atom. The molecule has 0 aromatic heterocycles. The Morgan fingerprint density at radius 2 is 1.76 bits per heavy atom. The van der Waals surface area contributed by atoms with Crippen LogP contribution in [0.15, 0.2) is 48.5 Å². The fourth-order valence-electron chi connectivity index (χ4n) is 5.35. The van der Waals surface area contributed by atoms with Gasteiger partial charge in [0.15, 0.2) is 0 Å². The van der Waals surface area contributed by atoms with Crippen LogP contribution in [0.3, 0.4) is 0 Å². The first-order chi connectivity index (χ1) is 15.9. The van der Waals surface area contributed by atoms with Gasteiger partial charge >= 0.3 is 6.18 Å². The first kappa shape index (κ1) is 22.2. The van der Waals surface area contributed by atoms with Crippen LogP contribution in [-0.4, -0.2) is 67.7 Å². The normalized spacial score (nSPS) is 23.7. The highest BCUT2D eigenvalue weighted by Crippen LogP contribution is 2.40. The van der Waals surface area contributed by atoms with Gasteiger partial charge in [0.25, 0.3) is 0 Å². The van der Waals surface area contributed by atoms with Crippen LogP contribution < -0.4 is 4.90 Å². The second-order valence-corrected chi connectivity index (χ2v) is 9.07. The molecule has 3 aliphatic heterocycles. The molecule has 0 spiro atoms. The van der Waals surface area contributed by atoms with Crippen molar-refractivity contribution < 1.29 is 22.7 Å².